The molecule has 3 aromatic rings. The summed E-state index contributed by atoms with van der Waals surface area (Å²) in [5.74, 6) is 0.305. The van der Waals surface area contributed by atoms with Gasteiger partial charge in [0.05, 0.1) is 11.7 Å². The second kappa shape index (κ2) is 8.61. The van der Waals surface area contributed by atoms with Crippen LogP contribution in [-0.4, -0.2) is 51.2 Å². The molecule has 7 nitrogen and oxygen atoms in total. The highest BCUT2D eigenvalue weighted by molar-refractivity contribution is 5.77. The summed E-state index contributed by atoms with van der Waals surface area (Å²) in [6, 6.07) is 7.96. The Labute approximate surface area is 175 Å². The zero-order valence-corrected chi connectivity index (χ0v) is 17.2. The fourth-order valence-corrected chi connectivity index (χ4v) is 3.84. The Morgan fingerprint density at radius 1 is 1.23 bits per heavy atom. The summed E-state index contributed by atoms with van der Waals surface area (Å²) in [5.41, 5.74) is 2.46. The van der Waals surface area contributed by atoms with Crippen molar-refractivity contribution in [3.05, 3.63) is 60.4 Å². The molecule has 0 saturated carbocycles. The van der Waals surface area contributed by atoms with Crippen LogP contribution in [0.4, 0.5) is 10.3 Å². The van der Waals surface area contributed by atoms with Gasteiger partial charge in [-0.1, -0.05) is 12.1 Å². The highest BCUT2D eigenvalue weighted by Gasteiger charge is 2.31. The predicted octanol–water partition coefficient (Wildman–Crippen LogP) is 3.30. The van der Waals surface area contributed by atoms with Crippen LogP contribution < -0.4 is 4.90 Å². The number of halogens is 1. The van der Waals surface area contributed by atoms with Gasteiger partial charge in [0.1, 0.15) is 12.4 Å². The second-order valence-electron chi connectivity index (χ2n) is 7.67. The Morgan fingerprint density at radius 3 is 2.73 bits per heavy atom. The number of amides is 1. The van der Waals surface area contributed by atoms with Crippen LogP contribution in [0.1, 0.15) is 31.0 Å². The molecule has 0 unspecified atom stereocenters. The molecule has 1 atom stereocenters. The average molecular weight is 408 g/mol. The Kier molecular flexibility index (Phi) is 5.74. The van der Waals surface area contributed by atoms with Gasteiger partial charge >= 0.3 is 0 Å². The number of benzene rings is 1. The summed E-state index contributed by atoms with van der Waals surface area (Å²) in [7, 11) is 3.77. The molecule has 4 rings (SSSR count). The minimum absolute atomic E-state index is 0.0125. The van der Waals surface area contributed by atoms with E-state index in [1.807, 2.05) is 23.9 Å². The maximum absolute atomic E-state index is 13.5. The molecule has 0 aliphatic carbocycles. The maximum atomic E-state index is 13.5. The Hall–Kier alpha value is -3.29. The van der Waals surface area contributed by atoms with Crippen molar-refractivity contribution < 1.29 is 9.18 Å². The molecule has 1 aromatic carbocycles. The first kappa shape index (κ1) is 20.0. The fourth-order valence-electron chi connectivity index (χ4n) is 3.84. The lowest BCUT2D eigenvalue weighted by atomic mass is 9.93. The molecule has 0 bridgehead atoms. The SMILES string of the molecule is CN(C)c1ncc(-c2ccc(F)cc2)c([C@@H]2CCCCN2C(=O)Cn2cccn2)n1. The molecule has 1 aliphatic heterocycles. The molecule has 0 spiro atoms. The summed E-state index contributed by atoms with van der Waals surface area (Å²) in [4.78, 5) is 26.2. The molecule has 1 fully saturated rings. The van der Waals surface area contributed by atoms with Crippen LogP contribution in [0.3, 0.4) is 0 Å². The average Bonchev–Trinajstić information content (AvgIpc) is 3.27. The van der Waals surface area contributed by atoms with Crippen LogP contribution in [0, 0.1) is 5.82 Å². The number of aromatic nitrogens is 4. The van der Waals surface area contributed by atoms with Crippen LogP contribution in [0.2, 0.25) is 0 Å². The van der Waals surface area contributed by atoms with Crippen LogP contribution >= 0.6 is 0 Å². The molecular weight excluding hydrogens is 383 g/mol. The number of hydrogen-bond donors (Lipinski definition) is 0. The van der Waals surface area contributed by atoms with E-state index in [0.717, 1.165) is 36.1 Å². The minimum atomic E-state index is -0.292. The van der Waals surface area contributed by atoms with Crippen molar-refractivity contribution in [2.75, 3.05) is 25.5 Å². The summed E-state index contributed by atoms with van der Waals surface area (Å²) in [6.07, 6.45) is 8.02. The maximum Gasteiger partial charge on any atom is 0.244 e. The second-order valence-corrected chi connectivity index (χ2v) is 7.67. The summed E-state index contributed by atoms with van der Waals surface area (Å²) in [6.45, 7) is 0.871. The third-order valence-electron chi connectivity index (χ3n) is 5.36. The third-order valence-corrected chi connectivity index (χ3v) is 5.36. The van der Waals surface area contributed by atoms with Gasteiger partial charge in [-0.15, -0.1) is 0 Å². The monoisotopic (exact) mass is 408 g/mol. The van der Waals surface area contributed by atoms with E-state index in [4.69, 9.17) is 4.98 Å². The molecule has 0 N–H and O–H groups in total. The molecule has 1 amide bonds. The first-order valence-corrected chi connectivity index (χ1v) is 10.1. The minimum Gasteiger partial charge on any atom is -0.347 e. The van der Waals surface area contributed by atoms with Crippen molar-refractivity contribution in [3.8, 4) is 11.1 Å². The Balaban J connectivity index is 1.74. The molecule has 156 valence electrons. The first-order chi connectivity index (χ1) is 14.5. The summed E-state index contributed by atoms with van der Waals surface area (Å²) >= 11 is 0. The van der Waals surface area contributed by atoms with E-state index in [-0.39, 0.29) is 24.3 Å². The first-order valence-electron chi connectivity index (χ1n) is 10.1. The van der Waals surface area contributed by atoms with Crippen molar-refractivity contribution in [3.63, 3.8) is 0 Å². The standard InChI is InChI=1S/C22H25FN6O/c1-27(2)22-24-14-18(16-7-9-17(23)10-8-16)21(26-22)19-6-3-4-13-29(19)20(30)15-28-12-5-11-25-28/h5,7-12,14,19H,3-4,6,13,15H2,1-2H3/t19-/m0/s1. The summed E-state index contributed by atoms with van der Waals surface area (Å²) < 4.78 is 15.1. The van der Waals surface area contributed by atoms with Crippen molar-refractivity contribution in [2.24, 2.45) is 0 Å². The lowest BCUT2D eigenvalue weighted by Crippen LogP contribution is -2.41. The largest absolute Gasteiger partial charge is 0.347 e. The number of carbonyl (C=O) groups excluding carboxylic acids is 1. The van der Waals surface area contributed by atoms with Gasteiger partial charge in [-0.2, -0.15) is 5.10 Å². The Bertz CT molecular complexity index is 1000. The van der Waals surface area contributed by atoms with E-state index >= 15 is 0 Å². The van der Waals surface area contributed by atoms with Gasteiger partial charge in [-0.3, -0.25) is 9.48 Å². The van der Waals surface area contributed by atoms with Gasteiger partial charge in [-0.25, -0.2) is 14.4 Å². The van der Waals surface area contributed by atoms with E-state index in [9.17, 15) is 9.18 Å². The highest BCUT2D eigenvalue weighted by Crippen LogP contribution is 2.36. The third kappa shape index (κ3) is 4.17. The number of likely N-dealkylation sites (tertiary alicyclic amines) is 1. The van der Waals surface area contributed by atoms with E-state index in [1.165, 1.54) is 12.1 Å². The van der Waals surface area contributed by atoms with E-state index < -0.39 is 0 Å². The quantitative estimate of drug-likeness (QED) is 0.648. The normalized spacial score (nSPS) is 16.5. The summed E-state index contributed by atoms with van der Waals surface area (Å²) in [5, 5.41) is 4.16. The van der Waals surface area contributed by atoms with Gasteiger partial charge in [0.15, 0.2) is 0 Å². The number of nitrogens with zero attached hydrogens (tertiary/aromatic N) is 6. The van der Waals surface area contributed by atoms with Gasteiger partial charge < -0.3 is 9.80 Å². The van der Waals surface area contributed by atoms with Gasteiger partial charge in [0.2, 0.25) is 11.9 Å². The van der Waals surface area contributed by atoms with E-state index in [1.54, 1.807) is 41.5 Å². The molecule has 30 heavy (non-hydrogen) atoms. The number of piperidine rings is 1. The van der Waals surface area contributed by atoms with Crippen LogP contribution in [-0.2, 0) is 11.3 Å². The van der Waals surface area contributed by atoms with E-state index in [2.05, 4.69) is 10.1 Å². The smallest absolute Gasteiger partial charge is 0.244 e. The fraction of sp³-hybridized carbons (Fsp3) is 0.364. The molecule has 8 heteroatoms. The molecule has 0 radical (unpaired) electrons. The van der Waals surface area contributed by atoms with Gasteiger partial charge in [0, 0.05) is 44.8 Å². The Morgan fingerprint density at radius 2 is 2.03 bits per heavy atom. The molecule has 3 heterocycles. The van der Waals surface area contributed by atoms with E-state index in [0.29, 0.717) is 12.5 Å². The van der Waals surface area contributed by atoms with Crippen molar-refractivity contribution >= 4 is 11.9 Å². The van der Waals surface area contributed by atoms with Crippen LogP contribution in [0.5, 0.6) is 0 Å². The molecular formula is C22H25FN6O. The van der Waals surface area contributed by atoms with Crippen molar-refractivity contribution in [1.29, 1.82) is 0 Å². The molecule has 1 saturated heterocycles. The van der Waals surface area contributed by atoms with Crippen LogP contribution in [0.25, 0.3) is 11.1 Å². The number of hydrogen-bond acceptors (Lipinski definition) is 5. The lowest BCUT2D eigenvalue weighted by Gasteiger charge is -2.36. The van der Waals surface area contributed by atoms with Gasteiger partial charge in [0.25, 0.3) is 0 Å². The number of carbonyl (C=O) groups is 1. The molecule has 2 aromatic heterocycles. The predicted molar refractivity (Wildman–Crippen MR) is 112 cm³/mol. The number of rotatable bonds is 5. The lowest BCUT2D eigenvalue weighted by molar-refractivity contribution is -0.136. The topological polar surface area (TPSA) is 67.2 Å². The van der Waals surface area contributed by atoms with Gasteiger partial charge in [-0.05, 0) is 43.0 Å². The zero-order valence-electron chi connectivity index (χ0n) is 17.2. The zero-order chi connectivity index (χ0) is 21.1. The highest BCUT2D eigenvalue weighted by atomic mass is 19.1. The van der Waals surface area contributed by atoms with Crippen molar-refractivity contribution in [2.45, 2.75) is 31.8 Å². The molecule has 1 aliphatic rings. The van der Waals surface area contributed by atoms with Crippen molar-refractivity contribution in [1.82, 2.24) is 24.6 Å². The number of anilines is 1. The van der Waals surface area contributed by atoms with Crippen LogP contribution in [0.15, 0.2) is 48.9 Å².